The van der Waals surface area contributed by atoms with E-state index in [-0.39, 0.29) is 0 Å². The summed E-state index contributed by atoms with van der Waals surface area (Å²) in [5.41, 5.74) is 1.46. The summed E-state index contributed by atoms with van der Waals surface area (Å²) in [6.07, 6.45) is 2.61. The number of nitrogens with zero attached hydrogens (tertiary/aromatic N) is 2. The smallest absolute Gasteiger partial charge is 0.122 e. The Kier molecular flexibility index (Phi) is 4.06. The molecule has 2 rings (SSSR count). The lowest BCUT2D eigenvalue weighted by molar-refractivity contribution is 0.209. The highest BCUT2D eigenvalue weighted by atomic mass is 16.5. The van der Waals surface area contributed by atoms with Crippen molar-refractivity contribution in [1.82, 2.24) is 9.55 Å². The zero-order valence-electron chi connectivity index (χ0n) is 11.3. The number of aryl methyl sites for hydroxylation is 1. The van der Waals surface area contributed by atoms with Crippen LogP contribution in [0.4, 0.5) is 0 Å². The van der Waals surface area contributed by atoms with Gasteiger partial charge in [0.1, 0.15) is 17.6 Å². The van der Waals surface area contributed by atoms with E-state index in [9.17, 15) is 5.11 Å². The third-order valence-electron chi connectivity index (χ3n) is 3.05. The van der Waals surface area contributed by atoms with E-state index in [1.165, 1.54) is 0 Å². The Balaban J connectivity index is 2.40. The molecule has 0 saturated heterocycles. The number of aliphatic hydroxyl groups is 1. The van der Waals surface area contributed by atoms with Gasteiger partial charge in [0.05, 0.1) is 32.4 Å². The minimum atomic E-state index is -0.758. The van der Waals surface area contributed by atoms with Gasteiger partial charge in [0.15, 0.2) is 0 Å². The Morgan fingerprint density at radius 2 is 1.84 bits per heavy atom. The van der Waals surface area contributed by atoms with Crippen molar-refractivity contribution in [3.8, 4) is 11.5 Å². The largest absolute Gasteiger partial charge is 0.497 e. The van der Waals surface area contributed by atoms with Crippen LogP contribution in [0.25, 0.3) is 0 Å². The highest BCUT2D eigenvalue weighted by molar-refractivity contribution is 5.41. The maximum Gasteiger partial charge on any atom is 0.122 e. The third kappa shape index (κ3) is 2.71. The Bertz CT molecular complexity index is 529. The topological polar surface area (TPSA) is 56.5 Å². The van der Waals surface area contributed by atoms with E-state index < -0.39 is 6.10 Å². The van der Waals surface area contributed by atoms with Crippen LogP contribution in [0.1, 0.15) is 24.3 Å². The summed E-state index contributed by atoms with van der Waals surface area (Å²) in [6, 6.07) is 5.35. The van der Waals surface area contributed by atoms with Crippen molar-refractivity contribution < 1.29 is 14.6 Å². The number of aromatic nitrogens is 2. The van der Waals surface area contributed by atoms with Gasteiger partial charge in [0.2, 0.25) is 0 Å². The lowest BCUT2D eigenvalue weighted by atomic mass is 10.1. The molecule has 1 heterocycles. The Morgan fingerprint density at radius 1 is 1.21 bits per heavy atom. The van der Waals surface area contributed by atoms with Crippen LogP contribution in [0.15, 0.2) is 30.7 Å². The van der Waals surface area contributed by atoms with Crippen molar-refractivity contribution in [1.29, 1.82) is 0 Å². The predicted molar refractivity (Wildman–Crippen MR) is 71.5 cm³/mol. The second-order valence-corrected chi connectivity index (χ2v) is 4.15. The summed E-state index contributed by atoms with van der Waals surface area (Å²) >= 11 is 0. The van der Waals surface area contributed by atoms with Crippen LogP contribution < -0.4 is 9.47 Å². The molecule has 0 aliphatic rings. The fourth-order valence-corrected chi connectivity index (χ4v) is 1.98. The first kappa shape index (κ1) is 13.4. The molecule has 0 amide bonds. The zero-order valence-corrected chi connectivity index (χ0v) is 11.3. The van der Waals surface area contributed by atoms with Crippen LogP contribution in [0.3, 0.4) is 0 Å². The number of ether oxygens (including phenoxy) is 2. The van der Waals surface area contributed by atoms with E-state index in [0.717, 1.165) is 12.2 Å². The van der Waals surface area contributed by atoms with Gasteiger partial charge < -0.3 is 19.1 Å². The van der Waals surface area contributed by atoms with Gasteiger partial charge in [-0.1, -0.05) is 0 Å². The molecule has 5 heteroatoms. The van der Waals surface area contributed by atoms with Gasteiger partial charge >= 0.3 is 0 Å². The molecular formula is C14H18N2O3. The molecule has 1 unspecified atom stereocenters. The van der Waals surface area contributed by atoms with Crippen LogP contribution in [0.2, 0.25) is 0 Å². The molecular weight excluding hydrogens is 244 g/mol. The molecule has 102 valence electrons. The average molecular weight is 262 g/mol. The summed E-state index contributed by atoms with van der Waals surface area (Å²) in [6.45, 7) is 2.76. The monoisotopic (exact) mass is 262 g/mol. The first-order chi connectivity index (χ1) is 9.19. The molecule has 5 nitrogen and oxygen atoms in total. The van der Waals surface area contributed by atoms with Gasteiger partial charge in [-0.25, -0.2) is 4.98 Å². The SMILES string of the molecule is CCn1cncc1C(O)c1cc(OC)cc(OC)c1. The van der Waals surface area contributed by atoms with Crippen molar-refractivity contribution in [2.45, 2.75) is 19.6 Å². The lowest BCUT2D eigenvalue weighted by Gasteiger charge is -2.15. The molecule has 0 saturated carbocycles. The van der Waals surface area contributed by atoms with E-state index in [4.69, 9.17) is 9.47 Å². The van der Waals surface area contributed by atoms with Crippen molar-refractivity contribution in [3.63, 3.8) is 0 Å². The molecule has 1 atom stereocenters. The van der Waals surface area contributed by atoms with Gasteiger partial charge in [0.25, 0.3) is 0 Å². The quantitative estimate of drug-likeness (QED) is 0.895. The molecule has 1 aromatic carbocycles. The third-order valence-corrected chi connectivity index (χ3v) is 3.05. The van der Waals surface area contributed by atoms with Crippen LogP contribution in [0.5, 0.6) is 11.5 Å². The van der Waals surface area contributed by atoms with Gasteiger partial charge in [-0.2, -0.15) is 0 Å². The number of hydrogen-bond donors (Lipinski definition) is 1. The number of aliphatic hydroxyl groups excluding tert-OH is 1. The minimum Gasteiger partial charge on any atom is -0.497 e. The van der Waals surface area contributed by atoms with Gasteiger partial charge in [0, 0.05) is 12.6 Å². The van der Waals surface area contributed by atoms with Crippen molar-refractivity contribution in [2.75, 3.05) is 14.2 Å². The van der Waals surface area contributed by atoms with Gasteiger partial charge in [-0.05, 0) is 24.6 Å². The van der Waals surface area contributed by atoms with Crippen molar-refractivity contribution >= 4 is 0 Å². The molecule has 0 radical (unpaired) electrons. The molecule has 0 aliphatic heterocycles. The number of rotatable bonds is 5. The van der Waals surface area contributed by atoms with Crippen LogP contribution >= 0.6 is 0 Å². The average Bonchev–Trinajstić information content (AvgIpc) is 2.94. The first-order valence-electron chi connectivity index (χ1n) is 6.10. The molecule has 0 bridgehead atoms. The summed E-state index contributed by atoms with van der Waals surface area (Å²) in [5.74, 6) is 1.30. The number of benzene rings is 1. The predicted octanol–water partition coefficient (Wildman–Crippen LogP) is 2.00. The minimum absolute atomic E-state index is 0.649. The van der Waals surface area contributed by atoms with E-state index in [1.807, 2.05) is 11.5 Å². The molecule has 19 heavy (non-hydrogen) atoms. The summed E-state index contributed by atoms with van der Waals surface area (Å²) in [5, 5.41) is 10.5. The second kappa shape index (κ2) is 5.75. The molecule has 0 aliphatic carbocycles. The summed E-state index contributed by atoms with van der Waals surface area (Å²) < 4.78 is 12.3. The van der Waals surface area contributed by atoms with Crippen LogP contribution in [0, 0.1) is 0 Å². The highest BCUT2D eigenvalue weighted by Crippen LogP contribution is 2.29. The lowest BCUT2D eigenvalue weighted by Crippen LogP contribution is -2.07. The Morgan fingerprint density at radius 3 is 2.37 bits per heavy atom. The van der Waals surface area contributed by atoms with Crippen LogP contribution in [-0.4, -0.2) is 28.9 Å². The fraction of sp³-hybridized carbons (Fsp3) is 0.357. The number of methoxy groups -OCH3 is 2. The first-order valence-corrected chi connectivity index (χ1v) is 6.10. The molecule has 0 fully saturated rings. The highest BCUT2D eigenvalue weighted by Gasteiger charge is 2.16. The molecule has 2 aromatic rings. The molecule has 1 aromatic heterocycles. The van der Waals surface area contributed by atoms with E-state index in [0.29, 0.717) is 17.1 Å². The maximum absolute atomic E-state index is 10.5. The normalized spacial score (nSPS) is 12.2. The van der Waals surface area contributed by atoms with Crippen molar-refractivity contribution in [2.24, 2.45) is 0 Å². The van der Waals surface area contributed by atoms with Gasteiger partial charge in [-0.3, -0.25) is 0 Å². The zero-order chi connectivity index (χ0) is 13.8. The number of imidazole rings is 1. The van der Waals surface area contributed by atoms with Gasteiger partial charge in [-0.15, -0.1) is 0 Å². The standard InChI is InChI=1S/C14H18N2O3/c1-4-16-9-15-8-13(16)14(17)10-5-11(18-2)7-12(6-10)19-3/h5-9,14,17H,4H2,1-3H3. The Labute approximate surface area is 112 Å². The maximum atomic E-state index is 10.5. The van der Waals surface area contributed by atoms with E-state index in [1.54, 1.807) is 44.9 Å². The second-order valence-electron chi connectivity index (χ2n) is 4.15. The molecule has 1 N–H and O–H groups in total. The Hall–Kier alpha value is -2.01. The summed E-state index contributed by atoms with van der Waals surface area (Å²) in [7, 11) is 3.17. The molecule has 0 spiro atoms. The number of hydrogen-bond acceptors (Lipinski definition) is 4. The fourth-order valence-electron chi connectivity index (χ4n) is 1.98. The van der Waals surface area contributed by atoms with E-state index in [2.05, 4.69) is 4.98 Å². The van der Waals surface area contributed by atoms with Crippen molar-refractivity contribution in [3.05, 3.63) is 42.0 Å². The van der Waals surface area contributed by atoms with Crippen LogP contribution in [-0.2, 0) is 6.54 Å². The van der Waals surface area contributed by atoms with E-state index >= 15 is 0 Å². The summed E-state index contributed by atoms with van der Waals surface area (Å²) in [4.78, 5) is 4.07.